The fourth-order valence-electron chi connectivity index (χ4n) is 3.00. The molecule has 1 saturated carbocycles. The molecule has 1 aliphatic carbocycles. The number of halogens is 1. The number of rotatable bonds is 7. The number of ether oxygens (including phenoxy) is 1. The summed E-state index contributed by atoms with van der Waals surface area (Å²) in [5.74, 6) is 0.454. The van der Waals surface area contributed by atoms with Crippen LogP contribution in [0.2, 0.25) is 0 Å². The minimum Gasteiger partial charge on any atom is -0.489 e. The molecule has 0 spiro atoms. The lowest BCUT2D eigenvalue weighted by Crippen LogP contribution is -2.28. The van der Waals surface area contributed by atoms with E-state index < -0.39 is 0 Å². The van der Waals surface area contributed by atoms with E-state index in [9.17, 15) is 9.18 Å². The first-order valence-corrected chi connectivity index (χ1v) is 9.41. The van der Waals surface area contributed by atoms with Crippen molar-refractivity contribution in [2.75, 3.05) is 25.1 Å². The zero-order chi connectivity index (χ0) is 19.5. The molecule has 0 saturated heterocycles. The van der Waals surface area contributed by atoms with Crippen LogP contribution in [0, 0.1) is 5.82 Å². The molecule has 3 aromatic rings. The number of anilines is 1. The first-order chi connectivity index (χ1) is 13.6. The maximum absolute atomic E-state index is 13.7. The number of aromatic nitrogens is 1. The van der Waals surface area contributed by atoms with Crippen molar-refractivity contribution < 1.29 is 13.9 Å². The Morgan fingerprint density at radius 2 is 1.96 bits per heavy atom. The van der Waals surface area contributed by atoms with Crippen molar-refractivity contribution in [1.82, 2.24) is 10.3 Å². The van der Waals surface area contributed by atoms with Crippen LogP contribution in [0.1, 0.15) is 23.2 Å². The number of pyridine rings is 1. The van der Waals surface area contributed by atoms with Crippen molar-refractivity contribution in [3.63, 3.8) is 0 Å². The molecule has 0 unspecified atom stereocenters. The van der Waals surface area contributed by atoms with Crippen LogP contribution in [0.25, 0.3) is 10.9 Å². The largest absolute Gasteiger partial charge is 0.489 e. The molecule has 1 aliphatic rings. The Morgan fingerprint density at radius 3 is 2.75 bits per heavy atom. The van der Waals surface area contributed by atoms with Gasteiger partial charge in [-0.15, -0.1) is 0 Å². The van der Waals surface area contributed by atoms with Gasteiger partial charge in [-0.1, -0.05) is 30.3 Å². The van der Waals surface area contributed by atoms with Gasteiger partial charge in [0.05, 0.1) is 17.6 Å². The first-order valence-electron chi connectivity index (χ1n) is 9.41. The SMILES string of the molecule is CN(CCOc1ccccc1F)c1cc(C(=O)NC2CC2)c2ccccc2n1. The van der Waals surface area contributed by atoms with E-state index in [1.807, 2.05) is 42.3 Å². The standard InChI is InChI=1S/C22H22FN3O2/c1-26(12-13-28-20-9-5-3-7-18(20)23)21-14-17(22(27)24-15-10-11-15)16-6-2-4-8-19(16)25-21/h2-9,14-15H,10-13H2,1H3,(H,24,27). The maximum Gasteiger partial charge on any atom is 0.252 e. The lowest BCUT2D eigenvalue weighted by Gasteiger charge is -2.20. The van der Waals surface area contributed by atoms with E-state index in [-0.39, 0.29) is 23.5 Å². The van der Waals surface area contributed by atoms with Crippen LogP contribution >= 0.6 is 0 Å². The highest BCUT2D eigenvalue weighted by Crippen LogP contribution is 2.25. The monoisotopic (exact) mass is 379 g/mol. The van der Waals surface area contributed by atoms with Gasteiger partial charge >= 0.3 is 0 Å². The third kappa shape index (κ3) is 4.06. The van der Waals surface area contributed by atoms with Crippen LogP contribution in [-0.2, 0) is 0 Å². The number of fused-ring (bicyclic) bond motifs is 1. The van der Waals surface area contributed by atoms with E-state index in [4.69, 9.17) is 4.74 Å². The lowest BCUT2D eigenvalue weighted by molar-refractivity contribution is 0.0952. The topological polar surface area (TPSA) is 54.5 Å². The third-order valence-electron chi connectivity index (χ3n) is 4.77. The molecule has 1 N–H and O–H groups in total. The third-order valence-corrected chi connectivity index (χ3v) is 4.77. The molecule has 0 aliphatic heterocycles. The summed E-state index contributed by atoms with van der Waals surface area (Å²) in [6.07, 6.45) is 2.07. The second-order valence-corrected chi connectivity index (χ2v) is 6.99. The Bertz CT molecular complexity index is 1000. The molecule has 28 heavy (non-hydrogen) atoms. The Kier molecular flexibility index (Phi) is 5.10. The van der Waals surface area contributed by atoms with Gasteiger partial charge in [-0.25, -0.2) is 9.37 Å². The number of amides is 1. The Morgan fingerprint density at radius 1 is 1.21 bits per heavy atom. The van der Waals surface area contributed by atoms with E-state index >= 15 is 0 Å². The minimum absolute atomic E-state index is 0.0710. The highest BCUT2D eigenvalue weighted by Gasteiger charge is 2.25. The van der Waals surface area contributed by atoms with Gasteiger partial charge in [0.1, 0.15) is 12.4 Å². The van der Waals surface area contributed by atoms with Gasteiger partial charge in [-0.05, 0) is 37.1 Å². The molecule has 0 atom stereocenters. The highest BCUT2D eigenvalue weighted by molar-refractivity contribution is 6.07. The molecule has 1 heterocycles. The van der Waals surface area contributed by atoms with E-state index in [1.54, 1.807) is 18.2 Å². The average molecular weight is 379 g/mol. The summed E-state index contributed by atoms with van der Waals surface area (Å²) in [6.45, 7) is 0.804. The second-order valence-electron chi connectivity index (χ2n) is 6.99. The number of carbonyl (C=O) groups is 1. The average Bonchev–Trinajstić information content (AvgIpc) is 3.52. The number of nitrogens with zero attached hydrogens (tertiary/aromatic N) is 2. The number of likely N-dealkylation sites (N-methyl/N-ethyl adjacent to an activating group) is 1. The number of benzene rings is 2. The van der Waals surface area contributed by atoms with Crippen molar-refractivity contribution >= 4 is 22.6 Å². The molecule has 1 fully saturated rings. The Hall–Kier alpha value is -3.15. The van der Waals surface area contributed by atoms with Crippen LogP contribution in [0.15, 0.2) is 54.6 Å². The summed E-state index contributed by atoms with van der Waals surface area (Å²) in [4.78, 5) is 19.3. The number of carbonyl (C=O) groups excluding carboxylic acids is 1. The van der Waals surface area contributed by atoms with Gasteiger partial charge < -0.3 is 15.0 Å². The summed E-state index contributed by atoms with van der Waals surface area (Å²) in [5.41, 5.74) is 1.39. The minimum atomic E-state index is -0.381. The summed E-state index contributed by atoms with van der Waals surface area (Å²) in [5, 5.41) is 3.88. The smallest absolute Gasteiger partial charge is 0.252 e. The van der Waals surface area contributed by atoms with Crippen LogP contribution in [0.4, 0.5) is 10.2 Å². The van der Waals surface area contributed by atoms with Crippen molar-refractivity contribution in [2.45, 2.75) is 18.9 Å². The number of nitrogens with one attached hydrogen (secondary N) is 1. The van der Waals surface area contributed by atoms with Crippen LogP contribution in [-0.4, -0.2) is 37.1 Å². The maximum atomic E-state index is 13.7. The lowest BCUT2D eigenvalue weighted by atomic mass is 10.1. The molecular formula is C22H22FN3O2. The molecule has 2 aromatic carbocycles. The molecule has 0 radical (unpaired) electrons. The van der Waals surface area contributed by atoms with Crippen LogP contribution < -0.4 is 15.0 Å². The Balaban J connectivity index is 1.52. The number of hydrogen-bond acceptors (Lipinski definition) is 4. The van der Waals surface area contributed by atoms with Crippen molar-refractivity contribution in [3.05, 3.63) is 66.0 Å². The first kappa shape index (κ1) is 18.2. The molecule has 6 heteroatoms. The zero-order valence-electron chi connectivity index (χ0n) is 15.7. The van der Waals surface area contributed by atoms with E-state index in [1.165, 1.54) is 6.07 Å². The van der Waals surface area contributed by atoms with Gasteiger partial charge in [-0.2, -0.15) is 0 Å². The number of para-hydroxylation sites is 2. The van der Waals surface area contributed by atoms with Crippen molar-refractivity contribution in [2.24, 2.45) is 0 Å². The highest BCUT2D eigenvalue weighted by atomic mass is 19.1. The van der Waals surface area contributed by atoms with Crippen molar-refractivity contribution in [1.29, 1.82) is 0 Å². The molecule has 0 bridgehead atoms. The fourth-order valence-corrected chi connectivity index (χ4v) is 3.00. The van der Waals surface area contributed by atoms with Gasteiger partial charge in [0.2, 0.25) is 0 Å². The fraction of sp³-hybridized carbons (Fsp3) is 0.273. The van der Waals surface area contributed by atoms with Gasteiger partial charge in [0, 0.05) is 18.5 Å². The van der Waals surface area contributed by atoms with E-state index in [0.717, 1.165) is 23.7 Å². The van der Waals surface area contributed by atoms with Gasteiger partial charge in [0.25, 0.3) is 5.91 Å². The molecular weight excluding hydrogens is 357 g/mol. The summed E-state index contributed by atoms with van der Waals surface area (Å²) in [6, 6.07) is 16.0. The molecule has 5 nitrogen and oxygen atoms in total. The molecule has 4 rings (SSSR count). The van der Waals surface area contributed by atoms with Gasteiger partial charge in [-0.3, -0.25) is 4.79 Å². The molecule has 1 amide bonds. The van der Waals surface area contributed by atoms with E-state index in [2.05, 4.69) is 10.3 Å². The predicted molar refractivity (Wildman–Crippen MR) is 107 cm³/mol. The second kappa shape index (κ2) is 7.84. The molecule has 144 valence electrons. The summed E-state index contributed by atoms with van der Waals surface area (Å²) >= 11 is 0. The zero-order valence-corrected chi connectivity index (χ0v) is 15.7. The summed E-state index contributed by atoms with van der Waals surface area (Å²) < 4.78 is 19.2. The van der Waals surface area contributed by atoms with Crippen molar-refractivity contribution in [3.8, 4) is 5.75 Å². The van der Waals surface area contributed by atoms with Gasteiger partial charge in [0.15, 0.2) is 11.6 Å². The summed E-state index contributed by atoms with van der Waals surface area (Å²) in [7, 11) is 1.88. The van der Waals surface area contributed by atoms with E-state index in [0.29, 0.717) is 24.5 Å². The number of hydrogen-bond donors (Lipinski definition) is 1. The normalized spacial score (nSPS) is 13.4. The quantitative estimate of drug-likeness (QED) is 0.679. The predicted octanol–water partition coefficient (Wildman–Crippen LogP) is 3.78. The molecule has 1 aromatic heterocycles. The van der Waals surface area contributed by atoms with Crippen LogP contribution in [0.5, 0.6) is 5.75 Å². The Labute approximate surface area is 163 Å². The van der Waals surface area contributed by atoms with Crippen LogP contribution in [0.3, 0.4) is 0 Å².